The van der Waals surface area contributed by atoms with Crippen molar-refractivity contribution in [3.8, 4) is 0 Å². The molecule has 0 saturated heterocycles. The smallest absolute Gasteiger partial charge is 0.251 e. The van der Waals surface area contributed by atoms with Crippen molar-refractivity contribution in [2.75, 3.05) is 6.54 Å². The van der Waals surface area contributed by atoms with Crippen molar-refractivity contribution in [2.45, 2.75) is 39.7 Å². The first-order valence-electron chi connectivity index (χ1n) is 6.16. The summed E-state index contributed by atoms with van der Waals surface area (Å²) in [6, 6.07) is 6.06. The van der Waals surface area contributed by atoms with E-state index in [4.69, 9.17) is 5.73 Å². The van der Waals surface area contributed by atoms with Gasteiger partial charge in [0.25, 0.3) is 5.91 Å². The van der Waals surface area contributed by atoms with E-state index in [9.17, 15) is 4.79 Å². The van der Waals surface area contributed by atoms with Crippen LogP contribution < -0.4 is 11.1 Å². The van der Waals surface area contributed by atoms with E-state index in [2.05, 4.69) is 12.2 Å². The molecular weight excluding hydrogens is 212 g/mol. The fourth-order valence-electron chi connectivity index (χ4n) is 1.84. The molecule has 1 atom stereocenters. The van der Waals surface area contributed by atoms with Gasteiger partial charge in [-0.25, -0.2) is 0 Å². The first kappa shape index (κ1) is 13.7. The van der Waals surface area contributed by atoms with E-state index in [0.717, 1.165) is 29.5 Å². The normalized spacial score (nSPS) is 12.2. The number of hydrogen-bond donors (Lipinski definition) is 2. The summed E-state index contributed by atoms with van der Waals surface area (Å²) >= 11 is 0. The molecule has 0 aliphatic carbocycles. The average molecular weight is 234 g/mol. The lowest BCUT2D eigenvalue weighted by atomic mass is 10.0. The van der Waals surface area contributed by atoms with E-state index in [1.807, 2.05) is 32.0 Å². The van der Waals surface area contributed by atoms with Gasteiger partial charge >= 0.3 is 0 Å². The van der Waals surface area contributed by atoms with Crippen LogP contribution in [0.1, 0.15) is 41.3 Å². The zero-order valence-electron chi connectivity index (χ0n) is 10.9. The molecule has 3 N–H and O–H groups in total. The third-order valence-corrected chi connectivity index (χ3v) is 3.03. The van der Waals surface area contributed by atoms with Crippen molar-refractivity contribution in [2.24, 2.45) is 5.73 Å². The molecule has 1 aromatic rings. The maximum absolute atomic E-state index is 12.0. The summed E-state index contributed by atoms with van der Waals surface area (Å²) in [5.74, 6) is 0.00361. The third-order valence-electron chi connectivity index (χ3n) is 3.03. The highest BCUT2D eigenvalue weighted by atomic mass is 16.1. The predicted molar refractivity (Wildman–Crippen MR) is 71.1 cm³/mol. The Labute approximate surface area is 103 Å². The number of carbonyl (C=O) groups excluding carboxylic acids is 1. The molecule has 3 heteroatoms. The van der Waals surface area contributed by atoms with Gasteiger partial charge < -0.3 is 11.1 Å². The Kier molecular flexibility index (Phi) is 5.16. The van der Waals surface area contributed by atoms with Crippen molar-refractivity contribution in [3.05, 3.63) is 34.9 Å². The SMILES string of the molecule is CCC(N)CCNC(=O)c1c(C)cccc1C. The van der Waals surface area contributed by atoms with Crippen molar-refractivity contribution in [3.63, 3.8) is 0 Å². The summed E-state index contributed by atoms with van der Waals surface area (Å²) < 4.78 is 0. The Morgan fingerprint density at radius 2 is 1.94 bits per heavy atom. The number of aryl methyl sites for hydroxylation is 2. The van der Waals surface area contributed by atoms with Gasteiger partial charge in [-0.2, -0.15) is 0 Å². The largest absolute Gasteiger partial charge is 0.352 e. The Bertz CT molecular complexity index is 368. The molecule has 1 unspecified atom stereocenters. The molecule has 0 spiro atoms. The van der Waals surface area contributed by atoms with Gasteiger partial charge in [-0.1, -0.05) is 25.1 Å². The number of rotatable bonds is 5. The minimum Gasteiger partial charge on any atom is -0.352 e. The van der Waals surface area contributed by atoms with E-state index < -0.39 is 0 Å². The van der Waals surface area contributed by atoms with E-state index >= 15 is 0 Å². The number of amides is 1. The van der Waals surface area contributed by atoms with Gasteiger partial charge in [0, 0.05) is 18.2 Å². The average Bonchev–Trinajstić information content (AvgIpc) is 2.28. The zero-order valence-corrected chi connectivity index (χ0v) is 10.9. The van der Waals surface area contributed by atoms with Crippen LogP contribution in [0.25, 0.3) is 0 Å². The number of benzene rings is 1. The maximum Gasteiger partial charge on any atom is 0.251 e. The molecule has 0 aliphatic rings. The highest BCUT2D eigenvalue weighted by molar-refractivity contribution is 5.97. The minimum absolute atomic E-state index is 0.00361. The minimum atomic E-state index is 0.00361. The van der Waals surface area contributed by atoms with Gasteiger partial charge in [-0.05, 0) is 37.8 Å². The predicted octanol–water partition coefficient (Wildman–Crippen LogP) is 2.16. The molecule has 0 heterocycles. The van der Waals surface area contributed by atoms with E-state index in [-0.39, 0.29) is 11.9 Å². The van der Waals surface area contributed by atoms with Crippen molar-refractivity contribution in [1.29, 1.82) is 0 Å². The van der Waals surface area contributed by atoms with Crippen LogP contribution in [-0.4, -0.2) is 18.5 Å². The topological polar surface area (TPSA) is 55.1 Å². The molecule has 0 fully saturated rings. The van der Waals surface area contributed by atoms with E-state index in [0.29, 0.717) is 6.54 Å². The quantitative estimate of drug-likeness (QED) is 0.820. The molecule has 1 aromatic carbocycles. The second kappa shape index (κ2) is 6.40. The Morgan fingerprint density at radius 1 is 1.35 bits per heavy atom. The summed E-state index contributed by atoms with van der Waals surface area (Å²) in [6.45, 7) is 6.61. The summed E-state index contributed by atoms with van der Waals surface area (Å²) in [5.41, 5.74) is 8.63. The lowest BCUT2D eigenvalue weighted by Crippen LogP contribution is -2.30. The van der Waals surface area contributed by atoms with Gasteiger partial charge in [0.15, 0.2) is 0 Å². The van der Waals surface area contributed by atoms with Crippen molar-refractivity contribution < 1.29 is 4.79 Å². The number of nitrogens with two attached hydrogens (primary N) is 1. The highest BCUT2D eigenvalue weighted by Gasteiger charge is 2.11. The Morgan fingerprint density at radius 3 is 2.47 bits per heavy atom. The van der Waals surface area contributed by atoms with Crippen molar-refractivity contribution >= 4 is 5.91 Å². The van der Waals surface area contributed by atoms with Crippen LogP contribution in [0.15, 0.2) is 18.2 Å². The standard InChI is InChI=1S/C14H22N2O/c1-4-12(15)8-9-16-14(17)13-10(2)6-5-7-11(13)3/h5-7,12H,4,8-9,15H2,1-3H3,(H,16,17). The van der Waals surface area contributed by atoms with Gasteiger partial charge in [-0.15, -0.1) is 0 Å². The molecule has 94 valence electrons. The lowest BCUT2D eigenvalue weighted by Gasteiger charge is -2.12. The van der Waals surface area contributed by atoms with Gasteiger partial charge in [0.1, 0.15) is 0 Å². The molecular formula is C14H22N2O. The molecule has 1 amide bonds. The maximum atomic E-state index is 12.0. The molecule has 1 rings (SSSR count). The van der Waals surface area contributed by atoms with Crippen LogP contribution in [0.2, 0.25) is 0 Å². The zero-order chi connectivity index (χ0) is 12.8. The van der Waals surface area contributed by atoms with E-state index in [1.165, 1.54) is 0 Å². The van der Waals surface area contributed by atoms with Gasteiger partial charge in [0.2, 0.25) is 0 Å². The Hall–Kier alpha value is -1.35. The van der Waals surface area contributed by atoms with Crippen LogP contribution in [-0.2, 0) is 0 Å². The monoisotopic (exact) mass is 234 g/mol. The van der Waals surface area contributed by atoms with Crippen LogP contribution in [0, 0.1) is 13.8 Å². The van der Waals surface area contributed by atoms with Crippen LogP contribution in [0.3, 0.4) is 0 Å². The third kappa shape index (κ3) is 3.86. The van der Waals surface area contributed by atoms with Crippen molar-refractivity contribution in [1.82, 2.24) is 5.32 Å². The second-order valence-corrected chi connectivity index (χ2v) is 4.48. The Balaban J connectivity index is 2.59. The molecule has 0 saturated carbocycles. The fourth-order valence-corrected chi connectivity index (χ4v) is 1.84. The highest BCUT2D eigenvalue weighted by Crippen LogP contribution is 2.12. The van der Waals surface area contributed by atoms with Crippen LogP contribution >= 0.6 is 0 Å². The van der Waals surface area contributed by atoms with Crippen LogP contribution in [0.4, 0.5) is 0 Å². The first-order chi connectivity index (χ1) is 8.06. The summed E-state index contributed by atoms with van der Waals surface area (Å²) in [7, 11) is 0. The summed E-state index contributed by atoms with van der Waals surface area (Å²) in [5, 5.41) is 2.93. The van der Waals surface area contributed by atoms with Gasteiger partial charge in [-0.3, -0.25) is 4.79 Å². The number of carbonyl (C=O) groups is 1. The molecule has 0 aromatic heterocycles. The lowest BCUT2D eigenvalue weighted by molar-refractivity contribution is 0.0951. The molecule has 0 radical (unpaired) electrons. The summed E-state index contributed by atoms with van der Waals surface area (Å²) in [6.07, 6.45) is 1.77. The number of nitrogens with one attached hydrogen (secondary N) is 1. The molecule has 0 aliphatic heterocycles. The first-order valence-corrected chi connectivity index (χ1v) is 6.16. The molecule has 3 nitrogen and oxygen atoms in total. The van der Waals surface area contributed by atoms with Crippen LogP contribution in [0.5, 0.6) is 0 Å². The number of hydrogen-bond acceptors (Lipinski definition) is 2. The molecule has 0 bridgehead atoms. The van der Waals surface area contributed by atoms with Gasteiger partial charge in [0.05, 0.1) is 0 Å². The summed E-state index contributed by atoms with van der Waals surface area (Å²) in [4.78, 5) is 12.0. The molecule has 17 heavy (non-hydrogen) atoms. The van der Waals surface area contributed by atoms with E-state index in [1.54, 1.807) is 0 Å². The fraction of sp³-hybridized carbons (Fsp3) is 0.500. The second-order valence-electron chi connectivity index (χ2n) is 4.48.